The van der Waals surface area contributed by atoms with Crippen LogP contribution in [0.2, 0.25) is 0 Å². The second kappa shape index (κ2) is 14.7. The van der Waals surface area contributed by atoms with Crippen molar-refractivity contribution in [3.8, 4) is 50.2 Å². The molecule has 2 aliphatic rings. The van der Waals surface area contributed by atoms with Crippen LogP contribution in [0.5, 0.6) is 0 Å². The van der Waals surface area contributed by atoms with Crippen LogP contribution in [0.4, 0.5) is 17.1 Å². The monoisotopic (exact) mass is 850 g/mol. The average molecular weight is 851 g/mol. The van der Waals surface area contributed by atoms with Gasteiger partial charge in [0.15, 0.2) is 0 Å². The molecule has 0 radical (unpaired) electrons. The van der Waals surface area contributed by atoms with Crippen molar-refractivity contribution in [1.29, 1.82) is 0 Å². The molecule has 312 valence electrons. The van der Waals surface area contributed by atoms with Crippen LogP contribution in [0.25, 0.3) is 82.8 Å². The number of hydrogen-bond donors (Lipinski definition) is 0. The molecule has 67 heavy (non-hydrogen) atoms. The fraction of sp³-hybridized carbons (Fsp3) is 0.0154. The Balaban J connectivity index is 1.05. The Labute approximate surface area is 389 Å². The summed E-state index contributed by atoms with van der Waals surface area (Å²) >= 11 is 0. The zero-order valence-electron chi connectivity index (χ0n) is 36.6. The first-order valence-corrected chi connectivity index (χ1v) is 23.3. The lowest BCUT2D eigenvalue weighted by molar-refractivity contribution is 0.793. The number of hydrogen-bond acceptors (Lipinski definition) is 1. The molecule has 0 aliphatic heterocycles. The van der Waals surface area contributed by atoms with Gasteiger partial charge in [-0.3, -0.25) is 0 Å². The molecule has 14 rings (SSSR count). The maximum atomic E-state index is 2.55. The summed E-state index contributed by atoms with van der Waals surface area (Å²) < 4.78 is 2.41. The largest absolute Gasteiger partial charge is 0.310 e. The first-order valence-electron chi connectivity index (χ1n) is 23.3. The molecule has 2 heteroatoms. The van der Waals surface area contributed by atoms with Gasteiger partial charge in [-0.25, -0.2) is 0 Å². The third-order valence-corrected chi connectivity index (χ3v) is 14.6. The van der Waals surface area contributed by atoms with Crippen LogP contribution in [0.1, 0.15) is 22.3 Å². The first-order chi connectivity index (χ1) is 33.3. The minimum atomic E-state index is -0.531. The topological polar surface area (TPSA) is 8.17 Å². The van der Waals surface area contributed by atoms with E-state index in [1.54, 1.807) is 0 Å². The minimum Gasteiger partial charge on any atom is -0.310 e. The molecule has 0 N–H and O–H groups in total. The molecule has 0 bridgehead atoms. The average Bonchev–Trinajstić information content (AvgIpc) is 4.02. The summed E-state index contributed by atoms with van der Waals surface area (Å²) in [5.74, 6) is 0. The van der Waals surface area contributed by atoms with Crippen LogP contribution < -0.4 is 4.90 Å². The molecule has 2 nitrogen and oxygen atoms in total. The molecule has 0 fully saturated rings. The van der Waals surface area contributed by atoms with Crippen molar-refractivity contribution in [2.45, 2.75) is 5.41 Å². The van der Waals surface area contributed by atoms with E-state index in [9.17, 15) is 0 Å². The Morgan fingerprint density at radius 2 is 0.806 bits per heavy atom. The minimum absolute atomic E-state index is 0.531. The van der Waals surface area contributed by atoms with E-state index in [0.717, 1.165) is 17.1 Å². The van der Waals surface area contributed by atoms with E-state index in [1.807, 2.05) is 0 Å². The Hall–Kier alpha value is -8.72. The number of anilines is 3. The van der Waals surface area contributed by atoms with Crippen LogP contribution >= 0.6 is 0 Å². The van der Waals surface area contributed by atoms with Gasteiger partial charge in [-0.15, -0.1) is 0 Å². The van der Waals surface area contributed by atoms with Gasteiger partial charge in [0.2, 0.25) is 0 Å². The number of nitrogens with zero attached hydrogens (tertiary/aromatic N) is 2. The van der Waals surface area contributed by atoms with Gasteiger partial charge in [0.05, 0.1) is 27.8 Å². The van der Waals surface area contributed by atoms with Gasteiger partial charge in [0.1, 0.15) is 0 Å². The maximum absolute atomic E-state index is 2.55. The fourth-order valence-electron chi connectivity index (χ4n) is 12.0. The Morgan fingerprint density at radius 1 is 0.299 bits per heavy atom. The fourth-order valence-corrected chi connectivity index (χ4v) is 12.0. The number of benzene rings is 11. The zero-order chi connectivity index (χ0) is 44.1. The highest BCUT2D eigenvalue weighted by molar-refractivity contribution is 6.19. The normalized spacial score (nSPS) is 12.9. The summed E-state index contributed by atoms with van der Waals surface area (Å²) in [5.41, 5.74) is 21.7. The summed E-state index contributed by atoms with van der Waals surface area (Å²) in [6.07, 6.45) is 0. The van der Waals surface area contributed by atoms with Crippen molar-refractivity contribution in [3.05, 3.63) is 277 Å². The molecule has 0 saturated carbocycles. The molecule has 2 aliphatic carbocycles. The van der Waals surface area contributed by atoms with Crippen LogP contribution in [0.3, 0.4) is 0 Å². The standard InChI is InChI=1S/C65H42N2/c1-3-19-43(20-4-1)44-37-39-46(40-38-44)67(62-36-18-30-54-51-26-11-15-33-58(51)65(64(54)62)56-31-13-9-24-49(56)50-25-10-14-32-57(50)65)60-42-41-48(47-23-7-8-27-52(47)60)53-29-17-35-61-63(53)55-28-12-16-34-59(55)66(61)45-21-5-2-6-22-45/h1-42H. The first kappa shape index (κ1) is 37.6. The third-order valence-electron chi connectivity index (χ3n) is 14.6. The van der Waals surface area contributed by atoms with Crippen molar-refractivity contribution >= 4 is 49.6 Å². The number of para-hydroxylation sites is 2. The molecule has 1 heterocycles. The van der Waals surface area contributed by atoms with E-state index in [2.05, 4.69) is 264 Å². The predicted molar refractivity (Wildman–Crippen MR) is 280 cm³/mol. The Kier molecular flexibility index (Phi) is 8.23. The highest BCUT2D eigenvalue weighted by Crippen LogP contribution is 2.65. The van der Waals surface area contributed by atoms with Gasteiger partial charge in [0.25, 0.3) is 0 Å². The molecule has 12 aromatic rings. The molecule has 11 aromatic carbocycles. The highest BCUT2D eigenvalue weighted by Gasteiger charge is 2.53. The molecule has 0 saturated heterocycles. The molecule has 0 unspecified atom stereocenters. The molecule has 1 aromatic heterocycles. The van der Waals surface area contributed by atoms with Crippen molar-refractivity contribution in [2.75, 3.05) is 4.90 Å². The van der Waals surface area contributed by atoms with Gasteiger partial charge >= 0.3 is 0 Å². The summed E-state index contributed by atoms with van der Waals surface area (Å²) in [6.45, 7) is 0. The van der Waals surface area contributed by atoms with Crippen LogP contribution in [-0.4, -0.2) is 4.57 Å². The zero-order valence-corrected chi connectivity index (χ0v) is 36.6. The van der Waals surface area contributed by atoms with Gasteiger partial charge in [-0.05, 0) is 115 Å². The van der Waals surface area contributed by atoms with Crippen molar-refractivity contribution < 1.29 is 0 Å². The van der Waals surface area contributed by atoms with Crippen LogP contribution in [0, 0.1) is 0 Å². The van der Waals surface area contributed by atoms with E-state index >= 15 is 0 Å². The van der Waals surface area contributed by atoms with E-state index in [1.165, 1.54) is 105 Å². The third kappa shape index (κ3) is 5.33. The summed E-state index contributed by atoms with van der Waals surface area (Å²) in [7, 11) is 0. The Morgan fingerprint density at radius 3 is 1.51 bits per heavy atom. The molecular weight excluding hydrogens is 809 g/mol. The van der Waals surface area contributed by atoms with E-state index < -0.39 is 5.41 Å². The lowest BCUT2D eigenvalue weighted by Crippen LogP contribution is -2.28. The van der Waals surface area contributed by atoms with Crippen molar-refractivity contribution in [3.63, 3.8) is 0 Å². The Bertz CT molecular complexity index is 3850. The molecule has 1 spiro atoms. The summed E-state index contributed by atoms with van der Waals surface area (Å²) in [5, 5.41) is 4.89. The maximum Gasteiger partial charge on any atom is 0.0746 e. The summed E-state index contributed by atoms with van der Waals surface area (Å²) in [6, 6.07) is 94.4. The van der Waals surface area contributed by atoms with Crippen LogP contribution in [0.15, 0.2) is 255 Å². The van der Waals surface area contributed by atoms with Gasteiger partial charge in [0, 0.05) is 33.1 Å². The second-order valence-corrected chi connectivity index (χ2v) is 17.9. The number of aromatic nitrogens is 1. The van der Waals surface area contributed by atoms with Gasteiger partial charge < -0.3 is 9.47 Å². The highest BCUT2D eigenvalue weighted by atomic mass is 15.1. The van der Waals surface area contributed by atoms with E-state index in [4.69, 9.17) is 0 Å². The van der Waals surface area contributed by atoms with Crippen LogP contribution in [-0.2, 0) is 5.41 Å². The number of fused-ring (bicyclic) bond motifs is 14. The smallest absolute Gasteiger partial charge is 0.0746 e. The molecule has 0 amide bonds. The summed E-state index contributed by atoms with van der Waals surface area (Å²) in [4.78, 5) is 2.55. The molecular formula is C65H42N2. The lowest BCUT2D eigenvalue weighted by Gasteiger charge is -2.36. The van der Waals surface area contributed by atoms with Gasteiger partial charge in [-0.2, -0.15) is 0 Å². The number of rotatable bonds is 6. The van der Waals surface area contributed by atoms with Gasteiger partial charge in [-0.1, -0.05) is 206 Å². The quantitative estimate of drug-likeness (QED) is 0.162. The van der Waals surface area contributed by atoms with Crippen molar-refractivity contribution in [2.24, 2.45) is 0 Å². The lowest BCUT2D eigenvalue weighted by atomic mass is 9.70. The second-order valence-electron chi connectivity index (χ2n) is 17.9. The van der Waals surface area contributed by atoms with E-state index in [-0.39, 0.29) is 0 Å². The molecule has 0 atom stereocenters. The SMILES string of the molecule is c1ccc(-c2ccc(N(c3cccc4c3C3(c5ccccc5-c5ccccc53)c3ccccc3-4)c3ccc(-c4cccc5c4c4ccccc4n5-c4ccccc4)c4ccccc34)cc2)cc1. The van der Waals surface area contributed by atoms with Crippen molar-refractivity contribution in [1.82, 2.24) is 4.57 Å². The predicted octanol–water partition coefficient (Wildman–Crippen LogP) is 17.1. The van der Waals surface area contributed by atoms with E-state index in [0.29, 0.717) is 0 Å².